The highest BCUT2D eigenvalue weighted by atomic mass is 32.2. The SMILES string of the molecule is Cc1ccc(S(=O)(=O)N2C=CNC(=O)[C@H]2CC(=O)N[C@@H]2CCN(C(=O)OCC(C)C)CC2(C)C)cc1. The van der Waals surface area contributed by atoms with Gasteiger partial charge >= 0.3 is 6.09 Å². The summed E-state index contributed by atoms with van der Waals surface area (Å²) >= 11 is 0. The molecule has 0 aromatic heterocycles. The monoisotopic (exact) mass is 520 g/mol. The third kappa shape index (κ3) is 6.37. The molecule has 2 aliphatic heterocycles. The van der Waals surface area contributed by atoms with Crippen molar-refractivity contribution in [1.82, 2.24) is 19.8 Å². The van der Waals surface area contributed by atoms with Crippen molar-refractivity contribution in [2.45, 2.75) is 64.4 Å². The van der Waals surface area contributed by atoms with Crippen LogP contribution in [0.1, 0.15) is 46.1 Å². The molecule has 10 nitrogen and oxygen atoms in total. The number of carbonyl (C=O) groups excluding carboxylic acids is 3. The Hall–Kier alpha value is -3.08. The van der Waals surface area contributed by atoms with Gasteiger partial charge in [-0.25, -0.2) is 13.2 Å². The van der Waals surface area contributed by atoms with Gasteiger partial charge in [-0.1, -0.05) is 45.4 Å². The number of sulfonamides is 1. The lowest BCUT2D eigenvalue weighted by atomic mass is 9.79. The maximum Gasteiger partial charge on any atom is 0.409 e. The second-order valence-corrected chi connectivity index (χ2v) is 12.3. The minimum absolute atomic E-state index is 0.0377. The zero-order valence-electron chi connectivity index (χ0n) is 21.5. The first kappa shape index (κ1) is 27.5. The molecule has 1 aromatic carbocycles. The number of likely N-dealkylation sites (tertiary alicyclic amines) is 1. The summed E-state index contributed by atoms with van der Waals surface area (Å²) in [4.78, 5) is 39.7. The maximum absolute atomic E-state index is 13.2. The van der Waals surface area contributed by atoms with Crippen LogP contribution in [0.4, 0.5) is 4.79 Å². The van der Waals surface area contributed by atoms with E-state index in [4.69, 9.17) is 4.74 Å². The van der Waals surface area contributed by atoms with Crippen LogP contribution in [-0.2, 0) is 24.3 Å². The average molecular weight is 521 g/mol. The van der Waals surface area contributed by atoms with Gasteiger partial charge in [0, 0.05) is 36.9 Å². The van der Waals surface area contributed by atoms with E-state index in [2.05, 4.69) is 10.6 Å². The Morgan fingerprint density at radius 2 is 1.89 bits per heavy atom. The van der Waals surface area contributed by atoms with Gasteiger partial charge < -0.3 is 20.3 Å². The third-order valence-corrected chi connectivity index (χ3v) is 8.19. The Kier molecular flexibility index (Phi) is 8.33. The van der Waals surface area contributed by atoms with Crippen LogP contribution in [-0.4, -0.2) is 67.3 Å². The summed E-state index contributed by atoms with van der Waals surface area (Å²) in [7, 11) is -4.04. The van der Waals surface area contributed by atoms with E-state index in [0.717, 1.165) is 9.87 Å². The van der Waals surface area contributed by atoms with Crippen molar-refractivity contribution >= 4 is 27.9 Å². The number of nitrogens with one attached hydrogen (secondary N) is 2. The maximum atomic E-state index is 13.2. The van der Waals surface area contributed by atoms with Crippen LogP contribution in [0.5, 0.6) is 0 Å². The van der Waals surface area contributed by atoms with E-state index in [-0.39, 0.29) is 29.4 Å². The van der Waals surface area contributed by atoms with Gasteiger partial charge in [0.2, 0.25) is 11.8 Å². The van der Waals surface area contributed by atoms with E-state index in [0.29, 0.717) is 26.1 Å². The molecule has 0 radical (unpaired) electrons. The molecule has 0 saturated carbocycles. The van der Waals surface area contributed by atoms with Crippen LogP contribution in [0.2, 0.25) is 0 Å². The number of amides is 3. The highest BCUT2D eigenvalue weighted by Crippen LogP contribution is 2.30. The van der Waals surface area contributed by atoms with E-state index < -0.39 is 33.3 Å². The van der Waals surface area contributed by atoms with E-state index >= 15 is 0 Å². The first-order chi connectivity index (χ1) is 16.8. The molecule has 0 bridgehead atoms. The van der Waals surface area contributed by atoms with Crippen molar-refractivity contribution in [3.05, 3.63) is 42.2 Å². The predicted molar refractivity (Wildman–Crippen MR) is 134 cm³/mol. The average Bonchev–Trinajstić information content (AvgIpc) is 2.80. The summed E-state index contributed by atoms with van der Waals surface area (Å²) in [5, 5.41) is 5.46. The number of hydrogen-bond donors (Lipinski definition) is 2. The summed E-state index contributed by atoms with van der Waals surface area (Å²) in [6.07, 6.45) is 2.31. The molecule has 1 fully saturated rings. The Bertz CT molecular complexity index is 1110. The molecule has 0 unspecified atom stereocenters. The first-order valence-corrected chi connectivity index (χ1v) is 13.5. The smallest absolute Gasteiger partial charge is 0.409 e. The molecule has 11 heteroatoms. The highest BCUT2D eigenvalue weighted by Gasteiger charge is 2.41. The van der Waals surface area contributed by atoms with Gasteiger partial charge in [-0.05, 0) is 31.4 Å². The highest BCUT2D eigenvalue weighted by molar-refractivity contribution is 7.89. The van der Waals surface area contributed by atoms with Crippen LogP contribution >= 0.6 is 0 Å². The number of carbonyl (C=O) groups is 3. The van der Waals surface area contributed by atoms with E-state index in [9.17, 15) is 22.8 Å². The van der Waals surface area contributed by atoms with Gasteiger partial charge in [-0.15, -0.1) is 0 Å². The predicted octanol–water partition coefficient (Wildman–Crippen LogP) is 2.35. The van der Waals surface area contributed by atoms with Gasteiger partial charge in [0.05, 0.1) is 17.9 Å². The molecule has 198 valence electrons. The molecular weight excluding hydrogens is 484 g/mol. The molecule has 3 rings (SSSR count). The van der Waals surface area contributed by atoms with Crippen molar-refractivity contribution in [3.8, 4) is 0 Å². The number of nitrogens with zero attached hydrogens (tertiary/aromatic N) is 2. The summed E-state index contributed by atoms with van der Waals surface area (Å²) in [6, 6.07) is 4.82. The number of ether oxygens (including phenoxy) is 1. The molecule has 2 atom stereocenters. The van der Waals surface area contributed by atoms with Gasteiger partial charge in [0.1, 0.15) is 6.04 Å². The first-order valence-electron chi connectivity index (χ1n) is 12.1. The summed E-state index contributed by atoms with van der Waals surface area (Å²) in [5.74, 6) is -0.784. The fraction of sp³-hybridized carbons (Fsp3) is 0.560. The fourth-order valence-corrected chi connectivity index (χ4v) is 5.76. The molecule has 2 heterocycles. The van der Waals surface area contributed by atoms with Gasteiger partial charge in [0.15, 0.2) is 0 Å². The van der Waals surface area contributed by atoms with Crippen LogP contribution in [0.3, 0.4) is 0 Å². The summed E-state index contributed by atoms with van der Waals surface area (Å²) < 4.78 is 32.8. The minimum atomic E-state index is -4.04. The van der Waals surface area contributed by atoms with Crippen LogP contribution in [0, 0.1) is 18.3 Å². The van der Waals surface area contributed by atoms with Gasteiger partial charge in [0.25, 0.3) is 10.0 Å². The lowest BCUT2D eigenvalue weighted by Gasteiger charge is -2.44. The summed E-state index contributed by atoms with van der Waals surface area (Å²) in [5.41, 5.74) is 0.450. The largest absolute Gasteiger partial charge is 0.449 e. The second-order valence-electron chi connectivity index (χ2n) is 10.5. The zero-order valence-corrected chi connectivity index (χ0v) is 22.3. The van der Waals surface area contributed by atoms with Crippen molar-refractivity contribution in [1.29, 1.82) is 0 Å². The second kappa shape index (κ2) is 10.9. The molecule has 2 aliphatic rings. The van der Waals surface area contributed by atoms with Gasteiger partial charge in [-0.3, -0.25) is 13.9 Å². The van der Waals surface area contributed by atoms with Crippen molar-refractivity contribution in [2.24, 2.45) is 11.3 Å². The number of piperidine rings is 1. The van der Waals surface area contributed by atoms with E-state index in [1.165, 1.54) is 24.5 Å². The van der Waals surface area contributed by atoms with Gasteiger partial charge in [-0.2, -0.15) is 0 Å². The zero-order chi connectivity index (χ0) is 26.7. The van der Waals surface area contributed by atoms with Crippen LogP contribution in [0.25, 0.3) is 0 Å². The lowest BCUT2D eigenvalue weighted by molar-refractivity contribution is -0.130. The molecule has 3 amide bonds. The molecule has 1 aromatic rings. The van der Waals surface area contributed by atoms with E-state index in [1.54, 1.807) is 17.0 Å². The molecule has 36 heavy (non-hydrogen) atoms. The molecular formula is C25H36N4O6S. The van der Waals surface area contributed by atoms with Crippen molar-refractivity contribution in [2.75, 3.05) is 19.7 Å². The Morgan fingerprint density at radius 1 is 1.22 bits per heavy atom. The molecule has 0 aliphatic carbocycles. The molecule has 0 spiro atoms. The standard InChI is InChI=1S/C25H36N4O6S/c1-17(2)15-35-24(32)28-12-10-21(25(4,5)16-28)27-22(30)14-20-23(31)26-11-13-29(20)36(33,34)19-8-6-18(3)7-9-19/h6-9,11,13,17,20-21H,10,12,14-16H2,1-5H3,(H,26,31)(H,27,30)/t20-,21-/m1/s1. The lowest BCUT2D eigenvalue weighted by Crippen LogP contribution is -2.58. The van der Waals surface area contributed by atoms with E-state index in [1.807, 2.05) is 34.6 Å². The third-order valence-electron chi connectivity index (χ3n) is 6.39. The number of hydrogen-bond acceptors (Lipinski definition) is 6. The minimum Gasteiger partial charge on any atom is -0.449 e. The Labute approximate surface area is 213 Å². The number of benzene rings is 1. The quantitative estimate of drug-likeness (QED) is 0.569. The Morgan fingerprint density at radius 3 is 2.50 bits per heavy atom. The number of aryl methyl sites for hydroxylation is 1. The molecule has 1 saturated heterocycles. The van der Waals surface area contributed by atoms with Crippen LogP contribution in [0.15, 0.2) is 41.6 Å². The van der Waals surface area contributed by atoms with Crippen molar-refractivity contribution in [3.63, 3.8) is 0 Å². The summed E-state index contributed by atoms with van der Waals surface area (Å²) in [6.45, 7) is 10.8. The Balaban J connectivity index is 1.67. The van der Waals surface area contributed by atoms with Crippen LogP contribution < -0.4 is 10.6 Å². The van der Waals surface area contributed by atoms with Crippen molar-refractivity contribution < 1.29 is 27.5 Å². The normalized spacial score (nSPS) is 21.8. The fourth-order valence-electron chi connectivity index (χ4n) is 4.31. The number of rotatable bonds is 7. The molecule has 2 N–H and O–H groups in total. The topological polar surface area (TPSA) is 125 Å².